The molecule has 6 heteroatoms. The molecular formula is C15H13N3O3. The summed E-state index contributed by atoms with van der Waals surface area (Å²) in [6.07, 6.45) is 1.44. The number of carboxylic acids is 1. The fraction of sp³-hybridized carbons (Fsp3) is 0. The van der Waals surface area contributed by atoms with Gasteiger partial charge in [0.25, 0.3) is 0 Å². The van der Waals surface area contributed by atoms with Crippen LogP contribution in [0.3, 0.4) is 0 Å². The first-order valence-corrected chi connectivity index (χ1v) is 6.09. The van der Waals surface area contributed by atoms with Crippen molar-refractivity contribution in [2.75, 3.05) is 0 Å². The lowest BCUT2D eigenvalue weighted by atomic mass is 9.99. The second-order valence-corrected chi connectivity index (χ2v) is 4.21. The van der Waals surface area contributed by atoms with Gasteiger partial charge in [-0.05, 0) is 22.8 Å². The Balaban J connectivity index is 2.25. The topological polar surface area (TPSA) is 105 Å². The highest BCUT2D eigenvalue weighted by atomic mass is 16.4. The van der Waals surface area contributed by atoms with Crippen LogP contribution in [-0.4, -0.2) is 23.3 Å². The van der Waals surface area contributed by atoms with Crippen LogP contribution in [0, 0.1) is 0 Å². The van der Waals surface area contributed by atoms with Gasteiger partial charge in [0.05, 0.1) is 11.8 Å². The Labute approximate surface area is 120 Å². The largest absolute Gasteiger partial charge is 0.478 e. The van der Waals surface area contributed by atoms with Crippen LogP contribution in [0.2, 0.25) is 0 Å². The van der Waals surface area contributed by atoms with E-state index in [1.165, 1.54) is 6.21 Å². The predicted molar refractivity (Wildman–Crippen MR) is 79.2 cm³/mol. The third-order valence-electron chi connectivity index (χ3n) is 2.77. The Hall–Kier alpha value is -3.15. The quantitative estimate of drug-likeness (QED) is 0.590. The summed E-state index contributed by atoms with van der Waals surface area (Å²) in [5.74, 6) is -0.970. The van der Waals surface area contributed by atoms with Gasteiger partial charge in [0.1, 0.15) is 0 Å². The number of carbonyl (C=O) groups is 2. The molecule has 0 atom stereocenters. The van der Waals surface area contributed by atoms with E-state index in [1.807, 2.05) is 0 Å². The summed E-state index contributed by atoms with van der Waals surface area (Å²) in [6.45, 7) is 0. The van der Waals surface area contributed by atoms with Crippen LogP contribution >= 0.6 is 0 Å². The second-order valence-electron chi connectivity index (χ2n) is 4.21. The molecule has 0 fully saturated rings. The fourth-order valence-corrected chi connectivity index (χ4v) is 1.84. The van der Waals surface area contributed by atoms with Crippen molar-refractivity contribution in [2.24, 2.45) is 10.8 Å². The first-order valence-electron chi connectivity index (χ1n) is 6.09. The van der Waals surface area contributed by atoms with Gasteiger partial charge in [-0.15, -0.1) is 0 Å². The van der Waals surface area contributed by atoms with E-state index in [0.29, 0.717) is 5.56 Å². The van der Waals surface area contributed by atoms with E-state index >= 15 is 0 Å². The second kappa shape index (κ2) is 6.33. The van der Waals surface area contributed by atoms with Crippen molar-refractivity contribution >= 4 is 18.2 Å². The van der Waals surface area contributed by atoms with Crippen molar-refractivity contribution in [2.45, 2.75) is 0 Å². The van der Waals surface area contributed by atoms with Crippen molar-refractivity contribution in [3.63, 3.8) is 0 Å². The predicted octanol–water partition coefficient (Wildman–Crippen LogP) is 2.05. The molecule has 2 aromatic carbocycles. The zero-order chi connectivity index (χ0) is 15.2. The van der Waals surface area contributed by atoms with E-state index in [4.69, 9.17) is 5.73 Å². The van der Waals surface area contributed by atoms with Crippen LogP contribution in [0.4, 0.5) is 4.79 Å². The molecule has 0 saturated heterocycles. The minimum atomic E-state index is -0.970. The number of hydrazone groups is 1. The minimum absolute atomic E-state index is 0.245. The molecule has 2 amide bonds. The molecule has 0 aliphatic heterocycles. The molecule has 4 N–H and O–H groups in total. The third kappa shape index (κ3) is 3.66. The Morgan fingerprint density at radius 3 is 2.38 bits per heavy atom. The standard InChI is InChI=1S/C15H13N3O3/c16-15(21)18-17-9-10-5-7-11(8-6-10)12-3-1-2-4-13(12)14(19)20/h1-9H,(H,19,20)(H3,16,18,21). The summed E-state index contributed by atoms with van der Waals surface area (Å²) >= 11 is 0. The number of carbonyl (C=O) groups excluding carboxylic acids is 1. The van der Waals surface area contributed by atoms with Gasteiger partial charge in [-0.3, -0.25) is 0 Å². The van der Waals surface area contributed by atoms with Crippen molar-refractivity contribution in [1.29, 1.82) is 0 Å². The zero-order valence-corrected chi connectivity index (χ0v) is 11.0. The number of carboxylic acid groups (broad SMARTS) is 1. The van der Waals surface area contributed by atoms with Gasteiger partial charge in [0, 0.05) is 0 Å². The summed E-state index contributed by atoms with van der Waals surface area (Å²) in [7, 11) is 0. The van der Waals surface area contributed by atoms with Gasteiger partial charge in [0.2, 0.25) is 0 Å². The fourth-order valence-electron chi connectivity index (χ4n) is 1.84. The molecule has 21 heavy (non-hydrogen) atoms. The first kappa shape index (κ1) is 14.3. The molecular weight excluding hydrogens is 270 g/mol. The average Bonchev–Trinajstić information content (AvgIpc) is 2.47. The number of primary amides is 1. The lowest BCUT2D eigenvalue weighted by Crippen LogP contribution is -2.24. The number of aromatic carboxylic acids is 1. The van der Waals surface area contributed by atoms with Crippen LogP contribution in [0.5, 0.6) is 0 Å². The Morgan fingerprint density at radius 2 is 1.76 bits per heavy atom. The molecule has 0 bridgehead atoms. The number of rotatable bonds is 4. The smallest absolute Gasteiger partial charge is 0.336 e. The molecule has 2 aromatic rings. The average molecular weight is 283 g/mol. The monoisotopic (exact) mass is 283 g/mol. The SMILES string of the molecule is NC(=O)NN=Cc1ccc(-c2ccccc2C(=O)O)cc1. The lowest BCUT2D eigenvalue weighted by Gasteiger charge is -2.06. The maximum atomic E-state index is 11.2. The zero-order valence-electron chi connectivity index (χ0n) is 11.0. The molecule has 0 unspecified atom stereocenters. The lowest BCUT2D eigenvalue weighted by molar-refractivity contribution is 0.0697. The van der Waals surface area contributed by atoms with E-state index in [1.54, 1.807) is 48.5 Å². The van der Waals surface area contributed by atoms with Crippen molar-refractivity contribution < 1.29 is 14.7 Å². The van der Waals surface area contributed by atoms with Crippen LogP contribution in [0.25, 0.3) is 11.1 Å². The molecule has 0 spiro atoms. The van der Waals surface area contributed by atoms with Gasteiger partial charge in [-0.2, -0.15) is 5.10 Å². The number of nitrogens with zero attached hydrogens (tertiary/aromatic N) is 1. The van der Waals surface area contributed by atoms with Gasteiger partial charge < -0.3 is 10.8 Å². The van der Waals surface area contributed by atoms with E-state index < -0.39 is 12.0 Å². The minimum Gasteiger partial charge on any atom is -0.478 e. The van der Waals surface area contributed by atoms with Crippen LogP contribution in [0.15, 0.2) is 53.6 Å². The molecule has 2 rings (SSSR count). The van der Waals surface area contributed by atoms with Crippen LogP contribution < -0.4 is 11.2 Å². The molecule has 0 aliphatic rings. The van der Waals surface area contributed by atoms with Crippen LogP contribution in [-0.2, 0) is 0 Å². The van der Waals surface area contributed by atoms with Gasteiger partial charge in [0.15, 0.2) is 0 Å². The van der Waals surface area contributed by atoms with Gasteiger partial charge in [-0.1, -0.05) is 42.5 Å². The number of hydrogen-bond acceptors (Lipinski definition) is 3. The number of urea groups is 1. The van der Waals surface area contributed by atoms with E-state index in [-0.39, 0.29) is 5.56 Å². The van der Waals surface area contributed by atoms with E-state index in [2.05, 4.69) is 10.5 Å². The Bertz CT molecular complexity index is 694. The molecule has 0 saturated carbocycles. The van der Waals surface area contributed by atoms with Gasteiger partial charge >= 0.3 is 12.0 Å². The molecule has 0 aromatic heterocycles. The first-order chi connectivity index (χ1) is 10.1. The van der Waals surface area contributed by atoms with Crippen LogP contribution in [0.1, 0.15) is 15.9 Å². The highest BCUT2D eigenvalue weighted by Crippen LogP contribution is 2.23. The summed E-state index contributed by atoms with van der Waals surface area (Å²) in [5.41, 5.74) is 9.40. The highest BCUT2D eigenvalue weighted by Gasteiger charge is 2.10. The van der Waals surface area contributed by atoms with Crippen molar-refractivity contribution in [1.82, 2.24) is 5.43 Å². The van der Waals surface area contributed by atoms with Crippen molar-refractivity contribution in [3.05, 3.63) is 59.7 Å². The summed E-state index contributed by atoms with van der Waals surface area (Å²) in [5, 5.41) is 12.8. The molecule has 0 radical (unpaired) electrons. The third-order valence-corrected chi connectivity index (χ3v) is 2.77. The van der Waals surface area contributed by atoms with Crippen molar-refractivity contribution in [3.8, 4) is 11.1 Å². The number of nitrogens with two attached hydrogens (primary N) is 1. The maximum absolute atomic E-state index is 11.2. The highest BCUT2D eigenvalue weighted by molar-refractivity contribution is 5.96. The Kier molecular flexibility index (Phi) is 4.30. The number of amides is 2. The summed E-state index contributed by atoms with van der Waals surface area (Å²) < 4.78 is 0. The molecule has 106 valence electrons. The molecule has 6 nitrogen and oxygen atoms in total. The van der Waals surface area contributed by atoms with E-state index in [0.717, 1.165) is 11.1 Å². The summed E-state index contributed by atoms with van der Waals surface area (Å²) in [6, 6.07) is 13.1. The summed E-state index contributed by atoms with van der Waals surface area (Å²) in [4.78, 5) is 21.7. The Morgan fingerprint density at radius 1 is 1.10 bits per heavy atom. The number of hydrogen-bond donors (Lipinski definition) is 3. The van der Waals surface area contributed by atoms with Gasteiger partial charge in [-0.25, -0.2) is 15.0 Å². The molecule has 0 heterocycles. The maximum Gasteiger partial charge on any atom is 0.336 e. The molecule has 0 aliphatic carbocycles. The number of benzene rings is 2. The van der Waals surface area contributed by atoms with E-state index in [9.17, 15) is 14.7 Å². The normalized spacial score (nSPS) is 10.5. The number of nitrogens with one attached hydrogen (secondary N) is 1.